The molecule has 110 valence electrons. The van der Waals surface area contributed by atoms with Gasteiger partial charge < -0.3 is 5.32 Å². The topological polar surface area (TPSA) is 108 Å². The molecule has 0 fully saturated rings. The van der Waals surface area contributed by atoms with Crippen LogP contribution < -0.4 is 10.0 Å². The van der Waals surface area contributed by atoms with Gasteiger partial charge in [0.15, 0.2) is 5.69 Å². The van der Waals surface area contributed by atoms with Crippen molar-refractivity contribution in [1.29, 1.82) is 5.26 Å². The van der Waals surface area contributed by atoms with Gasteiger partial charge in [0, 0.05) is 18.0 Å². The van der Waals surface area contributed by atoms with Gasteiger partial charge >= 0.3 is 0 Å². The molecule has 0 radical (unpaired) electrons. The number of nitriles is 1. The van der Waals surface area contributed by atoms with E-state index in [1.54, 1.807) is 18.2 Å². The fourth-order valence-corrected chi connectivity index (χ4v) is 3.85. The zero-order valence-electron chi connectivity index (χ0n) is 11.2. The molecule has 0 aliphatic heterocycles. The van der Waals surface area contributed by atoms with Crippen LogP contribution >= 0.6 is 11.3 Å². The van der Waals surface area contributed by atoms with Crippen LogP contribution in [0.1, 0.15) is 10.6 Å². The summed E-state index contributed by atoms with van der Waals surface area (Å²) in [6.07, 6.45) is 0. The average molecular weight is 323 g/mol. The summed E-state index contributed by atoms with van der Waals surface area (Å²) < 4.78 is 26.7. The van der Waals surface area contributed by atoms with Crippen molar-refractivity contribution < 1.29 is 8.42 Å². The average Bonchev–Trinajstić information content (AvgIpc) is 2.92. The molecule has 0 atom stereocenters. The van der Waals surface area contributed by atoms with E-state index in [-0.39, 0.29) is 12.2 Å². The molecule has 21 heavy (non-hydrogen) atoms. The second kappa shape index (κ2) is 6.62. The summed E-state index contributed by atoms with van der Waals surface area (Å²) in [5.74, 6) is 0.486. The summed E-state index contributed by atoms with van der Waals surface area (Å²) in [6.45, 7) is 2.44. The van der Waals surface area contributed by atoms with Gasteiger partial charge in [0.25, 0.3) is 0 Å². The van der Waals surface area contributed by atoms with E-state index in [0.29, 0.717) is 16.6 Å². The Hall–Kier alpha value is -2.02. The van der Waals surface area contributed by atoms with Crippen LogP contribution in [0, 0.1) is 18.3 Å². The molecule has 0 bridgehead atoms. The maximum atomic E-state index is 11.9. The minimum absolute atomic E-state index is 0.223. The lowest BCUT2D eigenvalue weighted by Crippen LogP contribution is -2.28. The SMILES string of the molecule is Cc1ccc(S(=O)(=O)NCCNc2ccc(C#N)nn2)s1. The molecule has 7 nitrogen and oxygen atoms in total. The molecule has 0 spiro atoms. The van der Waals surface area contributed by atoms with E-state index < -0.39 is 10.0 Å². The van der Waals surface area contributed by atoms with E-state index in [2.05, 4.69) is 20.2 Å². The van der Waals surface area contributed by atoms with Gasteiger partial charge in [-0.25, -0.2) is 13.1 Å². The molecule has 2 aromatic heterocycles. The Morgan fingerprint density at radius 1 is 1.24 bits per heavy atom. The Morgan fingerprint density at radius 2 is 2.05 bits per heavy atom. The third-order valence-corrected chi connectivity index (χ3v) is 5.44. The van der Waals surface area contributed by atoms with Gasteiger partial charge in [0.1, 0.15) is 16.1 Å². The molecular formula is C12H13N5O2S2. The van der Waals surface area contributed by atoms with E-state index >= 15 is 0 Å². The van der Waals surface area contributed by atoms with Gasteiger partial charge in [0.2, 0.25) is 10.0 Å². The number of sulfonamides is 1. The minimum Gasteiger partial charge on any atom is -0.367 e. The highest BCUT2D eigenvalue weighted by molar-refractivity contribution is 7.91. The number of nitrogens with zero attached hydrogens (tertiary/aromatic N) is 3. The summed E-state index contributed by atoms with van der Waals surface area (Å²) in [5.41, 5.74) is 0.231. The first-order valence-electron chi connectivity index (χ1n) is 6.05. The first-order chi connectivity index (χ1) is 10.0. The lowest BCUT2D eigenvalue weighted by molar-refractivity contribution is 0.585. The van der Waals surface area contributed by atoms with Crippen molar-refractivity contribution in [2.24, 2.45) is 0 Å². The van der Waals surface area contributed by atoms with Gasteiger partial charge in [-0.1, -0.05) is 0 Å². The molecule has 0 unspecified atom stereocenters. The molecular weight excluding hydrogens is 310 g/mol. The van der Waals surface area contributed by atoms with Crippen LogP contribution in [0.15, 0.2) is 28.5 Å². The van der Waals surface area contributed by atoms with Crippen LogP contribution in [0.5, 0.6) is 0 Å². The summed E-state index contributed by atoms with van der Waals surface area (Å²) in [5, 5.41) is 19.0. The van der Waals surface area contributed by atoms with Gasteiger partial charge in [0.05, 0.1) is 0 Å². The van der Waals surface area contributed by atoms with Crippen molar-refractivity contribution >= 4 is 27.2 Å². The van der Waals surface area contributed by atoms with Crippen molar-refractivity contribution in [2.45, 2.75) is 11.1 Å². The number of rotatable bonds is 6. The molecule has 0 aromatic carbocycles. The second-order valence-corrected chi connectivity index (χ2v) is 7.39. The maximum absolute atomic E-state index is 11.9. The molecule has 2 heterocycles. The maximum Gasteiger partial charge on any atom is 0.250 e. The van der Waals surface area contributed by atoms with E-state index in [9.17, 15) is 8.42 Å². The van der Waals surface area contributed by atoms with Gasteiger partial charge in [-0.2, -0.15) is 5.26 Å². The fraction of sp³-hybridized carbons (Fsp3) is 0.250. The highest BCUT2D eigenvalue weighted by Gasteiger charge is 2.14. The second-order valence-electron chi connectivity index (χ2n) is 4.11. The highest BCUT2D eigenvalue weighted by atomic mass is 32.2. The van der Waals surface area contributed by atoms with Crippen LogP contribution in [-0.4, -0.2) is 31.7 Å². The molecule has 0 aliphatic carbocycles. The lowest BCUT2D eigenvalue weighted by Gasteiger charge is -2.06. The summed E-state index contributed by atoms with van der Waals surface area (Å²) >= 11 is 1.23. The van der Waals surface area contributed by atoms with Crippen molar-refractivity contribution in [3.8, 4) is 6.07 Å². The molecule has 0 aliphatic rings. The number of hydrogen-bond donors (Lipinski definition) is 2. The van der Waals surface area contributed by atoms with E-state index in [0.717, 1.165) is 4.88 Å². The quantitative estimate of drug-likeness (QED) is 0.771. The molecule has 9 heteroatoms. The molecule has 2 aromatic rings. The van der Waals surface area contributed by atoms with Gasteiger partial charge in [-0.15, -0.1) is 21.5 Å². The third-order valence-electron chi connectivity index (χ3n) is 2.48. The largest absolute Gasteiger partial charge is 0.367 e. The third kappa shape index (κ3) is 4.22. The Morgan fingerprint density at radius 3 is 2.62 bits per heavy atom. The van der Waals surface area contributed by atoms with Crippen LogP contribution in [-0.2, 0) is 10.0 Å². The molecule has 0 amide bonds. The van der Waals surface area contributed by atoms with Crippen LogP contribution in [0.3, 0.4) is 0 Å². The highest BCUT2D eigenvalue weighted by Crippen LogP contribution is 2.19. The number of thiophene rings is 1. The zero-order chi connectivity index (χ0) is 15.3. The van der Waals surface area contributed by atoms with Crippen molar-refractivity contribution in [1.82, 2.24) is 14.9 Å². The molecule has 2 N–H and O–H groups in total. The minimum atomic E-state index is -3.46. The zero-order valence-corrected chi connectivity index (χ0v) is 12.8. The van der Waals surface area contributed by atoms with Crippen LogP contribution in [0.25, 0.3) is 0 Å². The monoisotopic (exact) mass is 323 g/mol. The molecule has 0 saturated heterocycles. The lowest BCUT2D eigenvalue weighted by atomic mass is 10.4. The summed E-state index contributed by atoms with van der Waals surface area (Å²) in [4.78, 5) is 0.946. The van der Waals surface area contributed by atoms with Gasteiger partial charge in [-0.05, 0) is 31.2 Å². The van der Waals surface area contributed by atoms with E-state index in [4.69, 9.17) is 5.26 Å². The Balaban J connectivity index is 1.83. The predicted molar refractivity (Wildman–Crippen MR) is 79.5 cm³/mol. The Kier molecular flexibility index (Phi) is 4.85. The van der Waals surface area contributed by atoms with Gasteiger partial charge in [-0.3, -0.25) is 0 Å². The first-order valence-corrected chi connectivity index (χ1v) is 8.35. The summed E-state index contributed by atoms with van der Waals surface area (Å²) in [6, 6.07) is 8.37. The number of nitrogens with one attached hydrogen (secondary N) is 2. The number of aromatic nitrogens is 2. The van der Waals surface area contributed by atoms with Crippen molar-refractivity contribution in [3.05, 3.63) is 34.8 Å². The smallest absolute Gasteiger partial charge is 0.250 e. The first kappa shape index (κ1) is 15.4. The predicted octanol–water partition coefficient (Wildman–Crippen LogP) is 1.11. The normalized spacial score (nSPS) is 11.0. The van der Waals surface area contributed by atoms with Crippen molar-refractivity contribution in [3.63, 3.8) is 0 Å². The summed E-state index contributed by atoms with van der Waals surface area (Å²) in [7, 11) is -3.46. The molecule has 2 rings (SSSR count). The Labute approximate surface area is 126 Å². The number of anilines is 1. The standard InChI is InChI=1S/C12H13N5O2S2/c1-9-2-5-12(20-9)21(18,19)15-7-6-14-11-4-3-10(8-13)16-17-11/h2-5,15H,6-7H2,1H3,(H,14,17). The van der Waals surface area contributed by atoms with Crippen molar-refractivity contribution in [2.75, 3.05) is 18.4 Å². The van der Waals surface area contributed by atoms with E-state index in [1.807, 2.05) is 13.0 Å². The molecule has 0 saturated carbocycles. The Bertz CT molecular complexity index is 747. The van der Waals surface area contributed by atoms with E-state index in [1.165, 1.54) is 17.4 Å². The number of hydrogen-bond acceptors (Lipinski definition) is 7. The van der Waals surface area contributed by atoms with Crippen LogP contribution in [0.2, 0.25) is 0 Å². The van der Waals surface area contributed by atoms with Crippen LogP contribution in [0.4, 0.5) is 5.82 Å². The number of aryl methyl sites for hydroxylation is 1. The fourth-order valence-electron chi connectivity index (χ4n) is 1.49.